The number of aliphatic carboxylic acids is 1. The number of nitrogens with zero attached hydrogens (tertiary/aromatic N) is 1. The lowest BCUT2D eigenvalue weighted by atomic mass is 9.97. The summed E-state index contributed by atoms with van der Waals surface area (Å²) < 4.78 is 5.89. The number of rotatable bonds is 4. The van der Waals surface area contributed by atoms with Gasteiger partial charge in [0.05, 0.1) is 5.92 Å². The second-order valence-electron chi connectivity index (χ2n) is 5.84. The third kappa shape index (κ3) is 2.86. The Kier molecular flexibility index (Phi) is 3.57. The zero-order valence-electron chi connectivity index (χ0n) is 11.8. The zero-order chi connectivity index (χ0) is 14.9. The van der Waals surface area contributed by atoms with E-state index in [-0.39, 0.29) is 5.91 Å². The molecule has 1 unspecified atom stereocenters. The van der Waals surface area contributed by atoms with Gasteiger partial charge < -0.3 is 14.7 Å². The highest BCUT2D eigenvalue weighted by molar-refractivity contribution is 5.89. The number of carbonyl (C=O) groups excluding carboxylic acids is 1. The van der Waals surface area contributed by atoms with Crippen molar-refractivity contribution in [3.05, 3.63) is 30.3 Å². The van der Waals surface area contributed by atoms with Crippen LogP contribution in [-0.2, 0) is 9.59 Å². The number of benzene rings is 1. The third-order valence-electron chi connectivity index (χ3n) is 4.21. The van der Waals surface area contributed by atoms with E-state index in [9.17, 15) is 9.59 Å². The molecule has 0 bridgehead atoms. The lowest BCUT2D eigenvalue weighted by Crippen LogP contribution is -2.49. The van der Waals surface area contributed by atoms with E-state index in [2.05, 4.69) is 0 Å². The quantitative estimate of drug-likeness (QED) is 0.919. The molecule has 2 aliphatic rings. The molecule has 3 rings (SSSR count). The van der Waals surface area contributed by atoms with Crippen LogP contribution in [0, 0.1) is 5.92 Å². The summed E-state index contributed by atoms with van der Waals surface area (Å²) in [4.78, 5) is 25.4. The number of carbonyl (C=O) groups is 2. The maximum Gasteiger partial charge on any atom is 0.308 e. The molecule has 5 heteroatoms. The Labute approximate surface area is 123 Å². The molecule has 0 aromatic heterocycles. The molecular weight excluding hydrogens is 270 g/mol. The van der Waals surface area contributed by atoms with Gasteiger partial charge in [0.15, 0.2) is 5.60 Å². The summed E-state index contributed by atoms with van der Waals surface area (Å²) >= 11 is 0. The number of para-hydroxylation sites is 1. The van der Waals surface area contributed by atoms with Gasteiger partial charge in [-0.3, -0.25) is 9.59 Å². The molecule has 1 aliphatic heterocycles. The van der Waals surface area contributed by atoms with Crippen LogP contribution in [0.4, 0.5) is 0 Å². The molecule has 1 saturated heterocycles. The normalized spacial score (nSPS) is 23.4. The van der Waals surface area contributed by atoms with Crippen LogP contribution < -0.4 is 4.74 Å². The molecule has 1 aromatic rings. The van der Waals surface area contributed by atoms with E-state index >= 15 is 0 Å². The predicted octanol–water partition coefficient (Wildman–Crippen LogP) is 1.92. The van der Waals surface area contributed by atoms with Gasteiger partial charge in [0, 0.05) is 25.9 Å². The average Bonchev–Trinajstić information content (AvgIpc) is 3.28. The first-order valence-corrected chi connectivity index (χ1v) is 7.37. The Morgan fingerprint density at radius 1 is 1.24 bits per heavy atom. The Morgan fingerprint density at radius 2 is 1.95 bits per heavy atom. The van der Waals surface area contributed by atoms with Gasteiger partial charge in [-0.05, 0) is 25.0 Å². The highest BCUT2D eigenvalue weighted by Crippen LogP contribution is 2.42. The van der Waals surface area contributed by atoms with Crippen molar-refractivity contribution in [3.8, 4) is 5.75 Å². The van der Waals surface area contributed by atoms with Crippen molar-refractivity contribution < 1.29 is 19.4 Å². The van der Waals surface area contributed by atoms with Crippen molar-refractivity contribution in [2.24, 2.45) is 5.92 Å². The second-order valence-corrected chi connectivity index (χ2v) is 5.84. The van der Waals surface area contributed by atoms with Crippen LogP contribution in [0.3, 0.4) is 0 Å². The fraction of sp³-hybridized carbons (Fsp3) is 0.500. The van der Waals surface area contributed by atoms with E-state index in [0.717, 1.165) is 6.42 Å². The lowest BCUT2D eigenvalue weighted by molar-refractivity contribution is -0.149. The van der Waals surface area contributed by atoms with Gasteiger partial charge in [-0.1, -0.05) is 18.2 Å². The van der Waals surface area contributed by atoms with E-state index < -0.39 is 17.5 Å². The Morgan fingerprint density at radius 3 is 2.57 bits per heavy atom. The number of carboxylic acids is 1. The van der Waals surface area contributed by atoms with Gasteiger partial charge in [-0.15, -0.1) is 0 Å². The Bertz CT molecular complexity index is 538. The molecule has 21 heavy (non-hydrogen) atoms. The predicted molar refractivity (Wildman–Crippen MR) is 76.0 cm³/mol. The Hall–Kier alpha value is -2.04. The first-order chi connectivity index (χ1) is 10.1. The van der Waals surface area contributed by atoms with Gasteiger partial charge in [0.1, 0.15) is 5.75 Å². The molecule has 5 nitrogen and oxygen atoms in total. The minimum absolute atomic E-state index is 0.0581. The summed E-state index contributed by atoms with van der Waals surface area (Å²) in [6, 6.07) is 9.32. The largest absolute Gasteiger partial charge is 0.481 e. The van der Waals surface area contributed by atoms with Gasteiger partial charge in [-0.2, -0.15) is 0 Å². The molecule has 0 spiro atoms. The molecule has 1 N–H and O–H groups in total. The van der Waals surface area contributed by atoms with Crippen molar-refractivity contribution in [1.82, 2.24) is 4.90 Å². The highest BCUT2D eigenvalue weighted by Gasteiger charge is 2.55. The molecule has 112 valence electrons. The minimum atomic E-state index is -0.818. The first-order valence-electron chi connectivity index (χ1n) is 7.37. The van der Waals surface area contributed by atoms with E-state index in [1.165, 1.54) is 0 Å². The zero-order valence-corrected chi connectivity index (χ0v) is 11.8. The third-order valence-corrected chi connectivity index (χ3v) is 4.21. The van der Waals surface area contributed by atoms with Crippen molar-refractivity contribution in [1.29, 1.82) is 0 Å². The van der Waals surface area contributed by atoms with Gasteiger partial charge in [-0.25, -0.2) is 0 Å². The number of piperidine rings is 1. The van der Waals surface area contributed by atoms with Gasteiger partial charge in [0.25, 0.3) is 5.91 Å². The Balaban J connectivity index is 1.68. The lowest BCUT2D eigenvalue weighted by Gasteiger charge is -2.33. The number of carboxylic acid groups (broad SMARTS) is 1. The first kappa shape index (κ1) is 13.9. The number of hydrogen-bond acceptors (Lipinski definition) is 3. The number of hydrogen-bond donors (Lipinski definition) is 1. The van der Waals surface area contributed by atoms with Crippen LogP contribution in [0.25, 0.3) is 0 Å². The summed E-state index contributed by atoms with van der Waals surface area (Å²) in [6.07, 6.45) is 2.79. The molecule has 0 radical (unpaired) electrons. The molecule has 1 saturated carbocycles. The minimum Gasteiger partial charge on any atom is -0.481 e. The molecule has 1 aromatic carbocycles. The molecular formula is C16H19NO4. The van der Waals surface area contributed by atoms with Crippen molar-refractivity contribution >= 4 is 11.9 Å². The molecule has 1 amide bonds. The summed E-state index contributed by atoms with van der Waals surface area (Å²) in [6.45, 7) is 0.927. The number of likely N-dealkylation sites (tertiary alicyclic amines) is 1. The molecule has 1 heterocycles. The standard InChI is InChI=1S/C16H19NO4/c18-14(19)12-5-4-10-17(11-12)15(20)16(8-9-16)21-13-6-2-1-3-7-13/h1-3,6-7,12H,4-5,8-11H2,(H,18,19). The fourth-order valence-corrected chi connectivity index (χ4v) is 2.84. The molecule has 1 aliphatic carbocycles. The van der Waals surface area contributed by atoms with Crippen LogP contribution in [-0.4, -0.2) is 40.6 Å². The number of ether oxygens (including phenoxy) is 1. The fourth-order valence-electron chi connectivity index (χ4n) is 2.84. The van der Waals surface area contributed by atoms with E-state index in [1.807, 2.05) is 30.3 Å². The van der Waals surface area contributed by atoms with Crippen LogP contribution in [0.1, 0.15) is 25.7 Å². The number of amides is 1. The topological polar surface area (TPSA) is 66.8 Å². The maximum atomic E-state index is 12.7. The van der Waals surface area contributed by atoms with Crippen LogP contribution >= 0.6 is 0 Å². The summed E-state index contributed by atoms with van der Waals surface area (Å²) in [7, 11) is 0. The van der Waals surface area contributed by atoms with E-state index in [0.29, 0.717) is 38.1 Å². The van der Waals surface area contributed by atoms with Gasteiger partial charge >= 0.3 is 5.97 Å². The monoisotopic (exact) mass is 289 g/mol. The van der Waals surface area contributed by atoms with Crippen LogP contribution in [0.15, 0.2) is 30.3 Å². The average molecular weight is 289 g/mol. The highest BCUT2D eigenvalue weighted by atomic mass is 16.5. The molecule has 2 fully saturated rings. The van der Waals surface area contributed by atoms with Crippen molar-refractivity contribution in [2.75, 3.05) is 13.1 Å². The summed E-state index contributed by atoms with van der Waals surface area (Å²) in [5.74, 6) is -0.635. The summed E-state index contributed by atoms with van der Waals surface area (Å²) in [5, 5.41) is 9.12. The van der Waals surface area contributed by atoms with Gasteiger partial charge in [0.2, 0.25) is 0 Å². The molecule has 1 atom stereocenters. The van der Waals surface area contributed by atoms with E-state index in [1.54, 1.807) is 4.90 Å². The van der Waals surface area contributed by atoms with E-state index in [4.69, 9.17) is 9.84 Å². The maximum absolute atomic E-state index is 12.7. The summed E-state index contributed by atoms with van der Waals surface area (Å²) in [5.41, 5.74) is -0.762. The smallest absolute Gasteiger partial charge is 0.308 e. The van der Waals surface area contributed by atoms with Crippen LogP contribution in [0.2, 0.25) is 0 Å². The van der Waals surface area contributed by atoms with Crippen molar-refractivity contribution in [3.63, 3.8) is 0 Å². The van der Waals surface area contributed by atoms with Crippen LogP contribution in [0.5, 0.6) is 5.75 Å². The second kappa shape index (κ2) is 5.39. The SMILES string of the molecule is O=C(O)C1CCCN(C(=O)C2(Oc3ccccc3)CC2)C1. The van der Waals surface area contributed by atoms with Crippen molar-refractivity contribution in [2.45, 2.75) is 31.3 Å².